The summed E-state index contributed by atoms with van der Waals surface area (Å²) in [6.07, 6.45) is 2.39. The molecule has 2 fully saturated rings. The molecule has 0 unspecified atom stereocenters. The molecule has 1 atom stereocenters. The maximum absolute atomic E-state index is 14.3. The Kier molecular flexibility index (Phi) is 3.79. The van der Waals surface area contributed by atoms with Gasteiger partial charge in [0, 0.05) is 37.8 Å². The summed E-state index contributed by atoms with van der Waals surface area (Å²) in [6.45, 7) is 5.87. The first-order valence-corrected chi connectivity index (χ1v) is 7.45. The molecule has 3 rings (SSSR count). The highest BCUT2D eigenvalue weighted by molar-refractivity contribution is 6.32. The molecule has 0 radical (unpaired) electrons. The van der Waals surface area contributed by atoms with E-state index in [9.17, 15) is 4.39 Å². The Morgan fingerprint density at radius 1 is 1.32 bits per heavy atom. The van der Waals surface area contributed by atoms with Gasteiger partial charge in [-0.25, -0.2) is 4.39 Å². The molecule has 1 aromatic rings. The molecule has 1 aliphatic heterocycles. The van der Waals surface area contributed by atoms with Gasteiger partial charge in [0.2, 0.25) is 0 Å². The van der Waals surface area contributed by atoms with Gasteiger partial charge in [0.05, 0.1) is 5.02 Å². The van der Waals surface area contributed by atoms with Crippen molar-refractivity contribution in [3.05, 3.63) is 34.1 Å². The lowest BCUT2D eigenvalue weighted by Crippen LogP contribution is -2.46. The lowest BCUT2D eigenvalue weighted by atomic mass is 9.97. The van der Waals surface area contributed by atoms with Crippen LogP contribution in [-0.2, 0) is 0 Å². The first-order valence-electron chi connectivity index (χ1n) is 7.07. The maximum atomic E-state index is 14.3. The fraction of sp³-hybridized carbons (Fsp3) is 0.600. The number of nitrogens with zero attached hydrogens (tertiary/aromatic N) is 1. The summed E-state index contributed by atoms with van der Waals surface area (Å²) in [6, 6.07) is 3.49. The Hall–Kier alpha value is -0.640. The van der Waals surface area contributed by atoms with Crippen molar-refractivity contribution in [2.75, 3.05) is 26.2 Å². The van der Waals surface area contributed by atoms with Crippen LogP contribution in [0.3, 0.4) is 0 Å². The summed E-state index contributed by atoms with van der Waals surface area (Å²) < 4.78 is 14.3. The van der Waals surface area contributed by atoms with Crippen molar-refractivity contribution in [1.82, 2.24) is 10.2 Å². The number of nitrogens with one attached hydrogen (secondary N) is 1. The van der Waals surface area contributed by atoms with E-state index in [1.165, 1.54) is 12.8 Å². The smallest absolute Gasteiger partial charge is 0.129 e. The van der Waals surface area contributed by atoms with Gasteiger partial charge in [0.15, 0.2) is 0 Å². The van der Waals surface area contributed by atoms with Crippen molar-refractivity contribution in [3.63, 3.8) is 0 Å². The molecule has 104 valence electrons. The average molecular weight is 283 g/mol. The summed E-state index contributed by atoms with van der Waals surface area (Å²) in [7, 11) is 0. The third-order valence-corrected chi connectivity index (χ3v) is 4.73. The van der Waals surface area contributed by atoms with E-state index in [4.69, 9.17) is 11.6 Å². The third-order valence-electron chi connectivity index (χ3n) is 4.23. The Labute approximate surface area is 118 Å². The predicted molar refractivity (Wildman–Crippen MR) is 76.1 cm³/mol. The van der Waals surface area contributed by atoms with E-state index in [2.05, 4.69) is 10.2 Å². The number of hydrogen-bond donors (Lipinski definition) is 1. The maximum Gasteiger partial charge on any atom is 0.129 e. The predicted octanol–water partition coefficient (Wildman–Crippen LogP) is 3.14. The zero-order valence-electron chi connectivity index (χ0n) is 11.3. The molecule has 2 aliphatic rings. The zero-order chi connectivity index (χ0) is 13.4. The number of halogens is 2. The van der Waals surface area contributed by atoms with Crippen LogP contribution in [-0.4, -0.2) is 31.1 Å². The van der Waals surface area contributed by atoms with E-state index in [1.54, 1.807) is 12.1 Å². The van der Waals surface area contributed by atoms with Crippen molar-refractivity contribution in [2.45, 2.75) is 25.8 Å². The summed E-state index contributed by atoms with van der Waals surface area (Å²) >= 11 is 6.40. The molecule has 19 heavy (non-hydrogen) atoms. The second-order valence-electron chi connectivity index (χ2n) is 5.66. The summed E-state index contributed by atoms with van der Waals surface area (Å²) in [5, 5.41) is 3.97. The van der Waals surface area contributed by atoms with Crippen LogP contribution in [0.15, 0.2) is 12.1 Å². The Balaban J connectivity index is 1.97. The van der Waals surface area contributed by atoms with Gasteiger partial charge < -0.3 is 5.32 Å². The number of benzene rings is 1. The minimum atomic E-state index is -0.147. The SMILES string of the molecule is Cc1ccc(F)c([C@@H](C2CC2)N2CCNCC2)c1Cl. The molecule has 0 aromatic heterocycles. The van der Waals surface area contributed by atoms with Crippen LogP contribution >= 0.6 is 11.6 Å². The van der Waals surface area contributed by atoms with E-state index in [-0.39, 0.29) is 11.9 Å². The van der Waals surface area contributed by atoms with Crippen LogP contribution in [0.25, 0.3) is 0 Å². The van der Waals surface area contributed by atoms with E-state index < -0.39 is 0 Å². The van der Waals surface area contributed by atoms with E-state index in [0.29, 0.717) is 10.9 Å². The van der Waals surface area contributed by atoms with Crippen LogP contribution in [0, 0.1) is 18.7 Å². The van der Waals surface area contributed by atoms with Gasteiger partial charge in [0.1, 0.15) is 5.82 Å². The Bertz CT molecular complexity index is 467. The largest absolute Gasteiger partial charge is 0.314 e. The molecule has 1 N–H and O–H groups in total. The molecule has 1 saturated heterocycles. The Morgan fingerprint density at radius 3 is 2.63 bits per heavy atom. The van der Waals surface area contributed by atoms with Gasteiger partial charge in [-0.2, -0.15) is 0 Å². The van der Waals surface area contributed by atoms with Gasteiger partial charge >= 0.3 is 0 Å². The van der Waals surface area contributed by atoms with Crippen molar-refractivity contribution in [1.29, 1.82) is 0 Å². The first-order chi connectivity index (χ1) is 9.18. The van der Waals surface area contributed by atoms with Gasteiger partial charge in [-0.15, -0.1) is 0 Å². The van der Waals surface area contributed by atoms with Crippen LogP contribution in [0.2, 0.25) is 5.02 Å². The lowest BCUT2D eigenvalue weighted by Gasteiger charge is -2.36. The highest BCUT2D eigenvalue weighted by atomic mass is 35.5. The first kappa shape index (κ1) is 13.3. The molecule has 1 saturated carbocycles. The Morgan fingerprint density at radius 2 is 2.00 bits per heavy atom. The lowest BCUT2D eigenvalue weighted by molar-refractivity contribution is 0.153. The molecule has 0 spiro atoms. The van der Waals surface area contributed by atoms with Crippen molar-refractivity contribution in [2.24, 2.45) is 5.92 Å². The molecule has 2 nitrogen and oxygen atoms in total. The number of hydrogen-bond acceptors (Lipinski definition) is 2. The molecule has 1 aromatic carbocycles. The van der Waals surface area contributed by atoms with Crippen molar-refractivity contribution >= 4 is 11.6 Å². The molecule has 0 amide bonds. The second kappa shape index (κ2) is 5.39. The van der Waals surface area contributed by atoms with E-state index >= 15 is 0 Å². The number of aryl methyl sites for hydroxylation is 1. The number of rotatable bonds is 3. The molecule has 1 aliphatic carbocycles. The number of piperazine rings is 1. The van der Waals surface area contributed by atoms with Gasteiger partial charge in [-0.3, -0.25) is 4.90 Å². The molecule has 0 bridgehead atoms. The van der Waals surface area contributed by atoms with Crippen LogP contribution < -0.4 is 5.32 Å². The van der Waals surface area contributed by atoms with Crippen LogP contribution in [0.4, 0.5) is 4.39 Å². The van der Waals surface area contributed by atoms with Crippen LogP contribution in [0.1, 0.15) is 30.0 Å². The standard InChI is InChI=1S/C15H20ClFN2/c1-10-2-5-12(17)13(14(10)16)15(11-3-4-11)19-8-6-18-7-9-19/h2,5,11,15,18H,3-4,6-9H2,1H3/t15-/m1/s1. The van der Waals surface area contributed by atoms with Gasteiger partial charge in [-0.1, -0.05) is 17.7 Å². The minimum absolute atomic E-state index is 0.147. The zero-order valence-corrected chi connectivity index (χ0v) is 12.0. The summed E-state index contributed by atoms with van der Waals surface area (Å²) in [5.74, 6) is 0.429. The fourth-order valence-electron chi connectivity index (χ4n) is 3.04. The van der Waals surface area contributed by atoms with Crippen LogP contribution in [0.5, 0.6) is 0 Å². The van der Waals surface area contributed by atoms with Gasteiger partial charge in [0.25, 0.3) is 0 Å². The fourth-order valence-corrected chi connectivity index (χ4v) is 3.30. The van der Waals surface area contributed by atoms with E-state index in [1.807, 2.05) is 6.92 Å². The minimum Gasteiger partial charge on any atom is -0.314 e. The van der Waals surface area contributed by atoms with Crippen molar-refractivity contribution < 1.29 is 4.39 Å². The summed E-state index contributed by atoms with van der Waals surface area (Å²) in [5.41, 5.74) is 1.70. The normalized spacial score (nSPS) is 22.5. The topological polar surface area (TPSA) is 15.3 Å². The summed E-state index contributed by atoms with van der Waals surface area (Å²) in [4.78, 5) is 2.40. The average Bonchev–Trinajstić information content (AvgIpc) is 3.24. The quantitative estimate of drug-likeness (QED) is 0.916. The highest BCUT2D eigenvalue weighted by Crippen LogP contribution is 2.47. The molecule has 1 heterocycles. The second-order valence-corrected chi connectivity index (χ2v) is 6.04. The molecule has 4 heteroatoms. The van der Waals surface area contributed by atoms with E-state index in [0.717, 1.165) is 37.3 Å². The monoisotopic (exact) mass is 282 g/mol. The van der Waals surface area contributed by atoms with Gasteiger partial charge in [-0.05, 0) is 37.3 Å². The molecular weight excluding hydrogens is 263 g/mol. The van der Waals surface area contributed by atoms with Crippen molar-refractivity contribution in [3.8, 4) is 0 Å². The third kappa shape index (κ3) is 2.64. The molecular formula is C15H20ClFN2. The highest BCUT2D eigenvalue weighted by Gasteiger charge is 2.39.